The second-order valence-electron chi connectivity index (χ2n) is 9.10. The average Bonchev–Trinajstić information content (AvgIpc) is 3.42. The fourth-order valence-corrected chi connectivity index (χ4v) is 5.57. The number of aromatic nitrogens is 2. The maximum Gasteiger partial charge on any atom is 0.408 e. The van der Waals surface area contributed by atoms with Gasteiger partial charge in [-0.1, -0.05) is 12.1 Å². The van der Waals surface area contributed by atoms with Crippen LogP contribution in [0.3, 0.4) is 0 Å². The van der Waals surface area contributed by atoms with E-state index in [2.05, 4.69) is 4.98 Å². The van der Waals surface area contributed by atoms with Gasteiger partial charge in [0.15, 0.2) is 15.6 Å². The van der Waals surface area contributed by atoms with Crippen LogP contribution in [-0.4, -0.2) is 74.1 Å². The molecule has 3 aliphatic heterocycles. The summed E-state index contributed by atoms with van der Waals surface area (Å²) >= 11 is 0. The van der Waals surface area contributed by atoms with Gasteiger partial charge >= 0.3 is 6.18 Å². The fraction of sp³-hybridized carbons (Fsp3) is 0.500. The number of halogens is 3. The third-order valence-electron chi connectivity index (χ3n) is 6.72. The molecule has 13 heteroatoms. The van der Waals surface area contributed by atoms with Gasteiger partial charge in [0.05, 0.1) is 30.2 Å². The molecular formula is C22H23F3N4O5S. The maximum atomic E-state index is 14.0. The Morgan fingerprint density at radius 1 is 1.23 bits per heavy atom. The van der Waals surface area contributed by atoms with Gasteiger partial charge in [0.25, 0.3) is 5.56 Å². The van der Waals surface area contributed by atoms with Crippen molar-refractivity contribution in [2.24, 2.45) is 0 Å². The number of hydrogen-bond acceptors (Lipinski definition) is 8. The topological polar surface area (TPSA) is 102 Å². The second-order valence-corrected chi connectivity index (χ2v) is 11.1. The van der Waals surface area contributed by atoms with Crippen molar-refractivity contribution in [1.29, 1.82) is 0 Å². The molecule has 0 aliphatic carbocycles. The van der Waals surface area contributed by atoms with E-state index < -0.39 is 46.4 Å². The van der Waals surface area contributed by atoms with Gasteiger partial charge in [-0.05, 0) is 25.0 Å². The Morgan fingerprint density at radius 3 is 2.51 bits per heavy atom. The SMILES string of the molecule is CS(=O)(=O)c1ccc(C(=O)CN2c3nc(N4C[C@@H]5C[C@H]4CO5)cc(=O)n3CC[C@H]2C(F)(F)F)cc1. The molecule has 3 atom stereocenters. The number of ether oxygens (including phenoxy) is 1. The molecule has 0 unspecified atom stereocenters. The number of hydrogen-bond donors (Lipinski definition) is 0. The highest BCUT2D eigenvalue weighted by molar-refractivity contribution is 7.90. The fourth-order valence-electron chi connectivity index (χ4n) is 4.94. The highest BCUT2D eigenvalue weighted by Crippen LogP contribution is 2.36. The average molecular weight is 513 g/mol. The monoisotopic (exact) mass is 512 g/mol. The summed E-state index contributed by atoms with van der Waals surface area (Å²) in [6.45, 7) is 0.110. The molecule has 1 aromatic carbocycles. The number of alkyl halides is 3. The van der Waals surface area contributed by atoms with Crippen LogP contribution in [0.25, 0.3) is 0 Å². The molecular weight excluding hydrogens is 489 g/mol. The van der Waals surface area contributed by atoms with Gasteiger partial charge in [-0.2, -0.15) is 18.2 Å². The minimum Gasteiger partial charge on any atom is -0.374 e. The molecule has 2 bridgehead atoms. The van der Waals surface area contributed by atoms with E-state index in [1.165, 1.54) is 30.3 Å². The molecule has 0 amide bonds. The summed E-state index contributed by atoms with van der Waals surface area (Å²) in [7, 11) is -3.49. The number of morpholine rings is 1. The molecule has 3 aliphatic rings. The number of carbonyl (C=O) groups is 1. The Hall–Kier alpha value is -2.93. The summed E-state index contributed by atoms with van der Waals surface area (Å²) in [4.78, 5) is 33.0. The molecule has 188 valence electrons. The van der Waals surface area contributed by atoms with Gasteiger partial charge in [0.2, 0.25) is 5.95 Å². The van der Waals surface area contributed by atoms with Crippen LogP contribution in [0, 0.1) is 0 Å². The van der Waals surface area contributed by atoms with Crippen molar-refractivity contribution in [3.63, 3.8) is 0 Å². The highest BCUT2D eigenvalue weighted by atomic mass is 32.2. The van der Waals surface area contributed by atoms with Crippen molar-refractivity contribution in [3.05, 3.63) is 46.2 Å². The summed E-state index contributed by atoms with van der Waals surface area (Å²) in [5.41, 5.74) is -0.424. The van der Waals surface area contributed by atoms with Crippen LogP contribution in [0.15, 0.2) is 40.0 Å². The number of sulfone groups is 1. The van der Waals surface area contributed by atoms with Crippen LogP contribution in [0.4, 0.5) is 24.9 Å². The van der Waals surface area contributed by atoms with Crippen LogP contribution in [0.1, 0.15) is 23.2 Å². The lowest BCUT2D eigenvalue weighted by Gasteiger charge is -2.39. The summed E-state index contributed by atoms with van der Waals surface area (Å²) in [5, 5.41) is 0. The lowest BCUT2D eigenvalue weighted by molar-refractivity contribution is -0.152. The Kier molecular flexibility index (Phi) is 5.66. The molecule has 0 radical (unpaired) electrons. The van der Waals surface area contributed by atoms with Gasteiger partial charge in [0.1, 0.15) is 11.9 Å². The van der Waals surface area contributed by atoms with Crippen molar-refractivity contribution in [2.75, 3.05) is 35.8 Å². The maximum absolute atomic E-state index is 14.0. The van der Waals surface area contributed by atoms with E-state index in [0.29, 0.717) is 13.2 Å². The summed E-state index contributed by atoms with van der Waals surface area (Å²) in [6, 6.07) is 4.33. The number of carbonyl (C=O) groups excluding carboxylic acids is 1. The number of anilines is 2. The first-order valence-corrected chi connectivity index (χ1v) is 13.0. The van der Waals surface area contributed by atoms with Crippen molar-refractivity contribution in [2.45, 2.75) is 48.6 Å². The lowest BCUT2D eigenvalue weighted by atomic mass is 10.1. The van der Waals surface area contributed by atoms with E-state index in [9.17, 15) is 31.2 Å². The number of benzene rings is 1. The van der Waals surface area contributed by atoms with E-state index in [0.717, 1.165) is 22.1 Å². The van der Waals surface area contributed by atoms with E-state index in [-0.39, 0.29) is 40.9 Å². The number of nitrogens with zero attached hydrogens (tertiary/aromatic N) is 4. The molecule has 0 saturated carbocycles. The van der Waals surface area contributed by atoms with Crippen molar-refractivity contribution >= 4 is 27.4 Å². The third-order valence-corrected chi connectivity index (χ3v) is 7.85. The molecule has 1 aromatic heterocycles. The molecule has 9 nitrogen and oxygen atoms in total. The molecule has 2 saturated heterocycles. The summed E-state index contributed by atoms with van der Waals surface area (Å²) in [6.07, 6.45) is -3.28. The van der Waals surface area contributed by atoms with Gasteiger partial charge < -0.3 is 14.5 Å². The van der Waals surface area contributed by atoms with Gasteiger partial charge in [-0.15, -0.1) is 0 Å². The Morgan fingerprint density at radius 2 is 1.94 bits per heavy atom. The molecule has 0 spiro atoms. The Bertz CT molecular complexity index is 1330. The molecule has 0 N–H and O–H groups in total. The quantitative estimate of drug-likeness (QED) is 0.558. The standard InChI is InChI=1S/C22H23F3N4O5S/c1-35(32,33)16-4-2-13(3-5-16)17(30)11-29-18(22(23,24)25)6-7-27-20(31)9-19(26-21(27)29)28-10-15-8-14(28)12-34-15/h2-5,9,14-15,18H,6-8,10-12H2,1H3/t14-,15-,18-/m0/s1. The van der Waals surface area contributed by atoms with E-state index in [1.807, 2.05) is 4.90 Å². The minimum atomic E-state index is -4.65. The molecule has 2 aromatic rings. The first-order chi connectivity index (χ1) is 16.4. The lowest BCUT2D eigenvalue weighted by Crippen LogP contribution is -2.54. The molecule has 4 heterocycles. The van der Waals surface area contributed by atoms with Crippen LogP contribution in [0.2, 0.25) is 0 Å². The largest absolute Gasteiger partial charge is 0.408 e. The summed E-state index contributed by atoms with van der Waals surface area (Å²) < 4.78 is 72.0. The first-order valence-electron chi connectivity index (χ1n) is 11.1. The van der Waals surface area contributed by atoms with Crippen LogP contribution >= 0.6 is 0 Å². The number of fused-ring (bicyclic) bond motifs is 3. The van der Waals surface area contributed by atoms with Crippen molar-refractivity contribution in [3.8, 4) is 0 Å². The first kappa shape index (κ1) is 23.8. The van der Waals surface area contributed by atoms with Crippen LogP contribution in [0.5, 0.6) is 0 Å². The highest BCUT2D eigenvalue weighted by Gasteiger charge is 2.48. The van der Waals surface area contributed by atoms with E-state index >= 15 is 0 Å². The predicted molar refractivity (Wildman–Crippen MR) is 120 cm³/mol. The van der Waals surface area contributed by atoms with Crippen LogP contribution in [-0.2, 0) is 21.1 Å². The van der Waals surface area contributed by atoms with Gasteiger partial charge in [0, 0.05) is 31.0 Å². The second kappa shape index (κ2) is 8.33. The van der Waals surface area contributed by atoms with Gasteiger partial charge in [-0.3, -0.25) is 14.2 Å². The number of rotatable bonds is 5. The number of ketones is 1. The zero-order valence-electron chi connectivity index (χ0n) is 18.7. The Balaban J connectivity index is 1.50. The number of Topliss-reactive ketones (excluding diaryl/α,β-unsaturated/α-hetero) is 1. The zero-order valence-corrected chi connectivity index (χ0v) is 19.6. The third kappa shape index (κ3) is 4.42. The summed E-state index contributed by atoms with van der Waals surface area (Å²) in [5.74, 6) is -0.582. The Labute approximate surface area is 199 Å². The van der Waals surface area contributed by atoms with E-state index in [1.54, 1.807) is 0 Å². The van der Waals surface area contributed by atoms with E-state index in [4.69, 9.17) is 4.74 Å². The minimum absolute atomic E-state index is 0.000365. The van der Waals surface area contributed by atoms with Gasteiger partial charge in [-0.25, -0.2) is 8.42 Å². The van der Waals surface area contributed by atoms with Crippen LogP contribution < -0.4 is 15.4 Å². The molecule has 35 heavy (non-hydrogen) atoms. The zero-order chi connectivity index (χ0) is 25.1. The van der Waals surface area contributed by atoms with Crippen molar-refractivity contribution < 1.29 is 31.1 Å². The normalized spacial score (nSPS) is 24.1. The molecule has 5 rings (SSSR count). The smallest absolute Gasteiger partial charge is 0.374 e. The van der Waals surface area contributed by atoms with Crippen molar-refractivity contribution in [1.82, 2.24) is 9.55 Å². The predicted octanol–water partition coefficient (Wildman–Crippen LogP) is 1.65. The molecule has 2 fully saturated rings.